The lowest BCUT2D eigenvalue weighted by Gasteiger charge is -2.25. The summed E-state index contributed by atoms with van der Waals surface area (Å²) in [4.78, 5) is 22.1. The number of rotatable bonds is 5. The number of thiophene rings is 2. The Hall–Kier alpha value is -3.02. The fourth-order valence-corrected chi connectivity index (χ4v) is 7.48. The number of hydrogen-bond donors (Lipinski definition) is 3. The Morgan fingerprint density at radius 2 is 1.77 bits per heavy atom. The Balaban J connectivity index is 0.000000147. The van der Waals surface area contributed by atoms with Gasteiger partial charge in [0.25, 0.3) is 0 Å². The van der Waals surface area contributed by atoms with Gasteiger partial charge in [0, 0.05) is 48.5 Å². The van der Waals surface area contributed by atoms with E-state index in [2.05, 4.69) is 60.0 Å². The minimum atomic E-state index is -0.300. The van der Waals surface area contributed by atoms with Crippen LogP contribution in [0.4, 0.5) is 5.82 Å². The van der Waals surface area contributed by atoms with Gasteiger partial charge in [-0.3, -0.25) is 0 Å². The topological polar surface area (TPSA) is 107 Å². The van der Waals surface area contributed by atoms with Crippen molar-refractivity contribution in [1.29, 1.82) is 0 Å². The van der Waals surface area contributed by atoms with E-state index in [1.54, 1.807) is 35.3 Å². The van der Waals surface area contributed by atoms with Crippen molar-refractivity contribution in [3.63, 3.8) is 0 Å². The standard InChI is InChI=1S/C17H17N3OS.C12H15N3OS/c21-10-17(6-7-18-9-17)15-14-13(12-4-2-1-3-5-12)8-22-16(14)20-11-19-15;1-8-6-17-12-10(8)11(13-7-14-12)15-3-2-9(4-15)5-16/h1-5,8,11,18,21H,6-7,9-10H2;6-7,9,16H,2-5H2,1H3/t17-;/m1./s1. The Labute approximate surface area is 235 Å². The third-order valence-electron chi connectivity index (χ3n) is 7.88. The van der Waals surface area contributed by atoms with Gasteiger partial charge in [-0.15, -0.1) is 22.7 Å². The van der Waals surface area contributed by atoms with Crippen LogP contribution in [0.5, 0.6) is 0 Å². The monoisotopic (exact) mass is 560 g/mol. The molecule has 6 heterocycles. The molecule has 0 saturated carbocycles. The van der Waals surface area contributed by atoms with Crippen LogP contribution in [0.2, 0.25) is 0 Å². The van der Waals surface area contributed by atoms with Crippen LogP contribution in [0.25, 0.3) is 31.6 Å². The summed E-state index contributed by atoms with van der Waals surface area (Å²) in [5.41, 5.74) is 4.25. The van der Waals surface area contributed by atoms with Gasteiger partial charge in [-0.2, -0.15) is 0 Å². The van der Waals surface area contributed by atoms with Crippen LogP contribution in [0.3, 0.4) is 0 Å². The summed E-state index contributed by atoms with van der Waals surface area (Å²) < 4.78 is 0. The predicted molar refractivity (Wildman–Crippen MR) is 159 cm³/mol. The first-order valence-corrected chi connectivity index (χ1v) is 15.0. The van der Waals surface area contributed by atoms with Crippen molar-refractivity contribution >= 4 is 48.9 Å². The smallest absolute Gasteiger partial charge is 0.141 e. The molecule has 8 nitrogen and oxygen atoms in total. The zero-order valence-corrected chi connectivity index (χ0v) is 23.5. The molecule has 0 aliphatic carbocycles. The summed E-state index contributed by atoms with van der Waals surface area (Å²) in [5.74, 6) is 1.42. The van der Waals surface area contributed by atoms with Crippen molar-refractivity contribution in [2.75, 3.05) is 44.3 Å². The number of aryl methyl sites for hydroxylation is 1. The molecule has 0 amide bonds. The average Bonchev–Trinajstić information content (AvgIpc) is 3.80. The van der Waals surface area contributed by atoms with Gasteiger partial charge >= 0.3 is 0 Å². The first kappa shape index (κ1) is 26.2. The molecule has 0 radical (unpaired) electrons. The first-order chi connectivity index (χ1) is 19.1. The Morgan fingerprint density at radius 3 is 2.49 bits per heavy atom. The maximum absolute atomic E-state index is 10.0. The molecule has 1 aromatic carbocycles. The predicted octanol–water partition coefficient (Wildman–Crippen LogP) is 4.40. The molecule has 2 atom stereocenters. The van der Waals surface area contributed by atoms with Crippen LogP contribution in [-0.4, -0.2) is 69.5 Å². The van der Waals surface area contributed by atoms with E-state index in [1.165, 1.54) is 16.5 Å². The number of aliphatic hydroxyl groups is 2. The van der Waals surface area contributed by atoms with Crippen LogP contribution in [0.1, 0.15) is 24.1 Å². The fraction of sp³-hybridized carbons (Fsp3) is 0.379. The molecule has 39 heavy (non-hydrogen) atoms. The summed E-state index contributed by atoms with van der Waals surface area (Å²) in [6, 6.07) is 10.3. The minimum absolute atomic E-state index is 0.107. The van der Waals surface area contributed by atoms with Crippen LogP contribution in [-0.2, 0) is 5.41 Å². The molecule has 0 spiro atoms. The third-order valence-corrected chi connectivity index (χ3v) is 9.77. The maximum atomic E-state index is 10.0. The molecule has 2 saturated heterocycles. The number of benzene rings is 1. The second-order valence-corrected chi connectivity index (χ2v) is 12.1. The lowest BCUT2D eigenvalue weighted by Crippen LogP contribution is -2.34. The highest BCUT2D eigenvalue weighted by atomic mass is 32.1. The van der Waals surface area contributed by atoms with Crippen molar-refractivity contribution in [2.24, 2.45) is 5.92 Å². The van der Waals surface area contributed by atoms with Crippen molar-refractivity contribution in [1.82, 2.24) is 25.3 Å². The van der Waals surface area contributed by atoms with E-state index < -0.39 is 0 Å². The zero-order valence-electron chi connectivity index (χ0n) is 21.9. The zero-order chi connectivity index (χ0) is 26.8. The summed E-state index contributed by atoms with van der Waals surface area (Å²) in [5, 5.41) is 29.1. The number of nitrogens with zero attached hydrogens (tertiary/aromatic N) is 5. The van der Waals surface area contributed by atoms with Crippen molar-refractivity contribution in [2.45, 2.75) is 25.2 Å². The van der Waals surface area contributed by atoms with Gasteiger partial charge < -0.3 is 20.4 Å². The van der Waals surface area contributed by atoms with Gasteiger partial charge in [-0.05, 0) is 42.8 Å². The van der Waals surface area contributed by atoms with Crippen molar-refractivity contribution < 1.29 is 10.2 Å². The number of aromatic nitrogens is 4. The molecule has 2 aliphatic heterocycles. The van der Waals surface area contributed by atoms with Crippen LogP contribution < -0.4 is 10.2 Å². The molecule has 202 valence electrons. The van der Waals surface area contributed by atoms with Gasteiger partial charge in [-0.25, -0.2) is 19.9 Å². The lowest BCUT2D eigenvalue weighted by molar-refractivity contribution is 0.203. The number of fused-ring (bicyclic) bond motifs is 2. The molecule has 10 heteroatoms. The maximum Gasteiger partial charge on any atom is 0.141 e. The molecule has 0 bridgehead atoms. The van der Waals surface area contributed by atoms with E-state index in [0.717, 1.165) is 71.1 Å². The molecule has 3 N–H and O–H groups in total. The Morgan fingerprint density at radius 1 is 1.00 bits per heavy atom. The molecule has 5 aromatic rings. The average molecular weight is 561 g/mol. The fourth-order valence-electron chi connectivity index (χ4n) is 5.68. The van der Waals surface area contributed by atoms with Gasteiger partial charge in [0.1, 0.15) is 28.1 Å². The number of anilines is 1. The largest absolute Gasteiger partial charge is 0.396 e. The van der Waals surface area contributed by atoms with Gasteiger partial charge in [0.2, 0.25) is 0 Å². The van der Waals surface area contributed by atoms with Gasteiger partial charge in [0.05, 0.1) is 23.1 Å². The summed E-state index contributed by atoms with van der Waals surface area (Å²) >= 11 is 3.30. The molecular formula is C29H32N6O2S2. The quantitative estimate of drug-likeness (QED) is 0.290. The van der Waals surface area contributed by atoms with Crippen LogP contribution in [0, 0.1) is 12.8 Å². The highest BCUT2D eigenvalue weighted by Crippen LogP contribution is 2.40. The molecule has 2 fully saturated rings. The highest BCUT2D eigenvalue weighted by Gasteiger charge is 2.38. The molecule has 7 rings (SSSR count). The number of aliphatic hydroxyl groups excluding tert-OH is 2. The van der Waals surface area contributed by atoms with E-state index in [9.17, 15) is 10.2 Å². The van der Waals surface area contributed by atoms with Crippen LogP contribution >= 0.6 is 22.7 Å². The van der Waals surface area contributed by atoms with Gasteiger partial charge in [0.15, 0.2) is 0 Å². The third kappa shape index (κ3) is 4.92. The molecule has 4 aromatic heterocycles. The first-order valence-electron chi connectivity index (χ1n) is 13.3. The normalized spacial score (nSPS) is 21.0. The van der Waals surface area contributed by atoms with E-state index in [-0.39, 0.29) is 18.6 Å². The Bertz CT molecular complexity index is 1560. The van der Waals surface area contributed by atoms with Crippen molar-refractivity contribution in [3.8, 4) is 11.1 Å². The minimum Gasteiger partial charge on any atom is -0.396 e. The van der Waals surface area contributed by atoms with Crippen molar-refractivity contribution in [3.05, 3.63) is 65.0 Å². The molecule has 1 unspecified atom stereocenters. The van der Waals surface area contributed by atoms with E-state index in [1.807, 2.05) is 18.2 Å². The summed E-state index contributed by atoms with van der Waals surface area (Å²) in [6.07, 6.45) is 5.21. The number of hydrogen-bond acceptors (Lipinski definition) is 10. The van der Waals surface area contributed by atoms with Gasteiger partial charge in [-0.1, -0.05) is 30.3 Å². The number of nitrogens with one attached hydrogen (secondary N) is 1. The SMILES string of the molecule is Cc1csc2ncnc(N3CCC(CO)C3)c12.OC[C@@]1(c2ncnc3scc(-c4ccccc4)c23)CCNC1. The second kappa shape index (κ2) is 11.2. The van der Waals surface area contributed by atoms with E-state index in [0.29, 0.717) is 5.92 Å². The summed E-state index contributed by atoms with van der Waals surface area (Å²) in [6.45, 7) is 6.04. The summed E-state index contributed by atoms with van der Waals surface area (Å²) in [7, 11) is 0. The second-order valence-electron chi connectivity index (χ2n) is 10.4. The lowest BCUT2D eigenvalue weighted by atomic mass is 9.82. The Kier molecular flexibility index (Phi) is 7.55. The van der Waals surface area contributed by atoms with E-state index >= 15 is 0 Å². The van der Waals surface area contributed by atoms with Crippen LogP contribution in [0.15, 0.2) is 53.7 Å². The van der Waals surface area contributed by atoms with E-state index in [4.69, 9.17) is 0 Å². The molecule has 2 aliphatic rings. The highest BCUT2D eigenvalue weighted by molar-refractivity contribution is 7.17. The molecular weight excluding hydrogens is 528 g/mol.